The number of hydrogen-bond acceptors (Lipinski definition) is 5. The smallest absolute Gasteiger partial charge is 0.251 e. The molecule has 5 nitrogen and oxygen atoms in total. The highest BCUT2D eigenvalue weighted by atomic mass is 32.2. The summed E-state index contributed by atoms with van der Waals surface area (Å²) in [5, 5.41) is 0.733. The highest BCUT2D eigenvalue weighted by Crippen LogP contribution is 2.16. The Balaban J connectivity index is 2.66. The van der Waals surface area contributed by atoms with E-state index in [-0.39, 0.29) is 10.8 Å². The number of ether oxygens (including phenoxy) is 1. The first-order chi connectivity index (χ1) is 6.56. The van der Waals surface area contributed by atoms with Gasteiger partial charge in [-0.1, -0.05) is 0 Å². The maximum absolute atomic E-state index is 11.5. The van der Waals surface area contributed by atoms with Gasteiger partial charge in [0.1, 0.15) is 0 Å². The number of rotatable bonds is 5. The predicted molar refractivity (Wildman–Crippen MR) is 53.9 cm³/mol. The molecule has 0 radical (unpaired) electrons. The van der Waals surface area contributed by atoms with Crippen LogP contribution in [0.4, 0.5) is 0 Å². The van der Waals surface area contributed by atoms with Crippen LogP contribution in [-0.2, 0) is 14.8 Å². The summed E-state index contributed by atoms with van der Waals surface area (Å²) in [6.45, 7) is 2.39. The molecule has 0 aliphatic heterocycles. The van der Waals surface area contributed by atoms with Gasteiger partial charge in [0.2, 0.25) is 0 Å². The van der Waals surface area contributed by atoms with E-state index in [0.717, 1.165) is 16.3 Å². The Labute approximate surface area is 87.2 Å². The Hall–Kier alpha value is -0.500. The van der Waals surface area contributed by atoms with Gasteiger partial charge >= 0.3 is 0 Å². The third-order valence-corrected chi connectivity index (χ3v) is 4.30. The molecule has 0 unspecified atom stereocenters. The second kappa shape index (κ2) is 4.83. The molecular weight excluding hydrogens is 224 g/mol. The first kappa shape index (κ1) is 11.6. The van der Waals surface area contributed by atoms with Gasteiger partial charge in [-0.05, 0) is 6.92 Å². The summed E-state index contributed by atoms with van der Waals surface area (Å²) in [6.07, 6.45) is 1.36. The molecule has 0 fully saturated rings. The van der Waals surface area contributed by atoms with Crippen LogP contribution in [0.2, 0.25) is 0 Å². The van der Waals surface area contributed by atoms with E-state index in [1.54, 1.807) is 6.92 Å². The Morgan fingerprint density at radius 3 is 2.86 bits per heavy atom. The summed E-state index contributed by atoms with van der Waals surface area (Å²) in [5.41, 5.74) is 0. The van der Waals surface area contributed by atoms with Crippen molar-refractivity contribution < 1.29 is 13.2 Å². The molecular formula is C7H12N2O3S2. The molecule has 0 bridgehead atoms. The minimum Gasteiger partial charge on any atom is -0.383 e. The fourth-order valence-corrected chi connectivity index (χ4v) is 2.98. The Kier molecular flexibility index (Phi) is 3.99. The molecule has 1 rings (SSSR count). The average molecular weight is 236 g/mol. The maximum Gasteiger partial charge on any atom is 0.251 e. The fraction of sp³-hybridized carbons (Fsp3) is 0.571. The molecule has 0 aromatic carbocycles. The van der Waals surface area contributed by atoms with E-state index in [0.29, 0.717) is 6.61 Å². The first-order valence-electron chi connectivity index (χ1n) is 3.97. The molecule has 1 aromatic heterocycles. The second-order valence-electron chi connectivity index (χ2n) is 2.59. The Morgan fingerprint density at radius 2 is 2.36 bits per heavy atom. The van der Waals surface area contributed by atoms with Crippen molar-refractivity contribution in [1.82, 2.24) is 9.71 Å². The molecule has 0 saturated heterocycles. The quantitative estimate of drug-likeness (QED) is 0.750. The lowest BCUT2D eigenvalue weighted by Crippen LogP contribution is -2.26. The lowest BCUT2D eigenvalue weighted by Gasteiger charge is -2.02. The van der Waals surface area contributed by atoms with Crippen LogP contribution in [0.3, 0.4) is 0 Å². The number of hydrogen-bond donors (Lipinski definition) is 1. The van der Waals surface area contributed by atoms with Crippen LogP contribution in [0, 0.1) is 6.92 Å². The van der Waals surface area contributed by atoms with Crippen LogP contribution >= 0.6 is 11.3 Å². The molecule has 80 valence electrons. The molecule has 1 N–H and O–H groups in total. The van der Waals surface area contributed by atoms with Gasteiger partial charge in [-0.3, -0.25) is 0 Å². The van der Waals surface area contributed by atoms with E-state index in [9.17, 15) is 8.42 Å². The van der Waals surface area contributed by atoms with E-state index in [1.165, 1.54) is 13.3 Å². The predicted octanol–water partition coefficient (Wildman–Crippen LogP) is 0.376. The number of methoxy groups -OCH3 is 1. The van der Waals surface area contributed by atoms with Crippen molar-refractivity contribution in [2.45, 2.75) is 11.1 Å². The summed E-state index contributed by atoms with van der Waals surface area (Å²) in [7, 11) is -1.87. The van der Waals surface area contributed by atoms with Crippen molar-refractivity contribution in [3.63, 3.8) is 0 Å². The molecule has 0 aliphatic rings. The van der Waals surface area contributed by atoms with Crippen LogP contribution in [0.25, 0.3) is 0 Å². The zero-order valence-corrected chi connectivity index (χ0v) is 9.61. The van der Waals surface area contributed by atoms with E-state index < -0.39 is 10.0 Å². The van der Waals surface area contributed by atoms with Gasteiger partial charge < -0.3 is 4.74 Å². The third kappa shape index (κ3) is 3.02. The van der Waals surface area contributed by atoms with Crippen LogP contribution in [0.5, 0.6) is 0 Å². The molecule has 0 aliphatic carbocycles. The summed E-state index contributed by atoms with van der Waals surface area (Å²) < 4.78 is 30.4. The maximum atomic E-state index is 11.5. The number of aryl methyl sites for hydroxylation is 1. The standard InChI is InChI=1S/C7H12N2O3S2/c1-6-8-5-7(13-6)14(10,11)9-3-4-12-2/h5,9H,3-4H2,1-2H3. The van der Waals surface area contributed by atoms with Crippen LogP contribution in [-0.4, -0.2) is 33.7 Å². The van der Waals surface area contributed by atoms with Crippen molar-refractivity contribution >= 4 is 21.4 Å². The molecule has 0 amide bonds. The van der Waals surface area contributed by atoms with Gasteiger partial charge in [-0.2, -0.15) is 0 Å². The van der Waals surface area contributed by atoms with Gasteiger partial charge in [-0.15, -0.1) is 11.3 Å². The largest absolute Gasteiger partial charge is 0.383 e. The van der Waals surface area contributed by atoms with Gasteiger partial charge in [0, 0.05) is 13.7 Å². The third-order valence-electron chi connectivity index (χ3n) is 1.46. The molecule has 0 atom stereocenters. The zero-order chi connectivity index (χ0) is 10.6. The van der Waals surface area contributed by atoms with Crippen LogP contribution in [0.1, 0.15) is 5.01 Å². The number of sulfonamides is 1. The first-order valence-corrected chi connectivity index (χ1v) is 6.27. The molecule has 1 heterocycles. The van der Waals surface area contributed by atoms with Gasteiger partial charge in [-0.25, -0.2) is 18.1 Å². The summed E-state index contributed by atoms with van der Waals surface area (Å²) in [5.74, 6) is 0. The highest BCUT2D eigenvalue weighted by Gasteiger charge is 2.15. The fourth-order valence-electron chi connectivity index (χ4n) is 0.815. The monoisotopic (exact) mass is 236 g/mol. The SMILES string of the molecule is COCCNS(=O)(=O)c1cnc(C)s1. The van der Waals surface area contributed by atoms with Crippen molar-refractivity contribution in [2.75, 3.05) is 20.3 Å². The van der Waals surface area contributed by atoms with E-state index in [4.69, 9.17) is 4.74 Å². The topological polar surface area (TPSA) is 68.3 Å². The average Bonchev–Trinajstić information content (AvgIpc) is 2.53. The van der Waals surface area contributed by atoms with Crippen molar-refractivity contribution in [1.29, 1.82) is 0 Å². The van der Waals surface area contributed by atoms with Gasteiger partial charge in [0.25, 0.3) is 10.0 Å². The molecule has 1 aromatic rings. The van der Waals surface area contributed by atoms with Gasteiger partial charge in [0.15, 0.2) is 4.21 Å². The van der Waals surface area contributed by atoms with Crippen LogP contribution in [0.15, 0.2) is 10.4 Å². The molecule has 7 heteroatoms. The zero-order valence-electron chi connectivity index (χ0n) is 7.98. The summed E-state index contributed by atoms with van der Waals surface area (Å²) in [4.78, 5) is 3.88. The highest BCUT2D eigenvalue weighted by molar-refractivity contribution is 7.91. The lowest BCUT2D eigenvalue weighted by molar-refractivity contribution is 0.204. The van der Waals surface area contributed by atoms with E-state index in [1.807, 2.05) is 0 Å². The summed E-state index contributed by atoms with van der Waals surface area (Å²) in [6, 6.07) is 0. The molecule has 0 saturated carbocycles. The van der Waals surface area contributed by atoms with Crippen molar-refractivity contribution in [3.05, 3.63) is 11.2 Å². The number of nitrogens with one attached hydrogen (secondary N) is 1. The minimum absolute atomic E-state index is 0.242. The Bertz CT molecular complexity index is 385. The molecule has 0 spiro atoms. The van der Waals surface area contributed by atoms with E-state index in [2.05, 4.69) is 9.71 Å². The molecule has 14 heavy (non-hydrogen) atoms. The second-order valence-corrected chi connectivity index (χ2v) is 5.82. The van der Waals surface area contributed by atoms with E-state index >= 15 is 0 Å². The Morgan fingerprint density at radius 1 is 1.64 bits per heavy atom. The normalized spacial score (nSPS) is 11.9. The minimum atomic E-state index is -3.39. The van der Waals surface area contributed by atoms with Crippen molar-refractivity contribution in [2.24, 2.45) is 0 Å². The van der Waals surface area contributed by atoms with Crippen molar-refractivity contribution in [3.8, 4) is 0 Å². The summed E-state index contributed by atoms with van der Waals surface area (Å²) >= 11 is 1.15. The number of nitrogens with zero attached hydrogens (tertiary/aromatic N) is 1. The van der Waals surface area contributed by atoms with Crippen LogP contribution < -0.4 is 4.72 Å². The number of aromatic nitrogens is 1. The lowest BCUT2D eigenvalue weighted by atomic mass is 10.7. The number of thiazole rings is 1. The van der Waals surface area contributed by atoms with Gasteiger partial charge in [0.05, 0.1) is 17.8 Å².